The molecule has 5 rings (SSSR count). The van der Waals surface area contributed by atoms with Crippen LogP contribution < -0.4 is 4.90 Å². The molecule has 2 unspecified atom stereocenters. The fourth-order valence-electron chi connectivity index (χ4n) is 5.53. The van der Waals surface area contributed by atoms with Gasteiger partial charge in [0.15, 0.2) is 0 Å². The molecule has 2 aromatic carbocycles. The van der Waals surface area contributed by atoms with Gasteiger partial charge in [0.1, 0.15) is 17.4 Å². The van der Waals surface area contributed by atoms with Gasteiger partial charge in [-0.25, -0.2) is 8.78 Å². The molecule has 0 spiro atoms. The average Bonchev–Trinajstić information content (AvgIpc) is 3.32. The van der Waals surface area contributed by atoms with Crippen LogP contribution in [0, 0.1) is 11.6 Å². The third-order valence-electron chi connectivity index (χ3n) is 7.05. The summed E-state index contributed by atoms with van der Waals surface area (Å²) in [6, 6.07) is 12.0. The summed E-state index contributed by atoms with van der Waals surface area (Å²) in [5.41, 5.74) is 3.08. The first-order chi connectivity index (χ1) is 15.1. The molecule has 3 heterocycles. The molecule has 4 nitrogen and oxygen atoms in total. The van der Waals surface area contributed by atoms with Crippen molar-refractivity contribution < 1.29 is 13.6 Å². The van der Waals surface area contributed by atoms with Crippen LogP contribution in [0.4, 0.5) is 20.2 Å². The molecule has 2 atom stereocenters. The average molecular weight is 462 g/mol. The SMILES string of the molecule is Cl.O=C1CCN(CCCCN2CCC3C(C2)c2cc(F)ccc2N3c2ccc(F)cc2)C1. The van der Waals surface area contributed by atoms with E-state index in [2.05, 4.69) is 14.7 Å². The first-order valence-electron chi connectivity index (χ1n) is 11.4. The number of fused-ring (bicyclic) bond motifs is 3. The summed E-state index contributed by atoms with van der Waals surface area (Å²) in [5.74, 6) is 0.170. The Morgan fingerprint density at radius 3 is 2.34 bits per heavy atom. The molecule has 2 aromatic rings. The maximum absolute atomic E-state index is 14.1. The van der Waals surface area contributed by atoms with Crippen molar-refractivity contribution in [3.05, 3.63) is 59.7 Å². The Bertz CT molecular complexity index is 955. The molecule has 7 heteroatoms. The zero-order chi connectivity index (χ0) is 21.4. The largest absolute Gasteiger partial charge is 0.337 e. The second kappa shape index (κ2) is 9.86. The highest BCUT2D eigenvalue weighted by molar-refractivity contribution is 5.85. The normalized spacial score (nSPS) is 23.2. The number of ketones is 1. The zero-order valence-electron chi connectivity index (χ0n) is 18.2. The van der Waals surface area contributed by atoms with Crippen molar-refractivity contribution in [3.8, 4) is 0 Å². The van der Waals surface area contributed by atoms with Gasteiger partial charge in [0.2, 0.25) is 0 Å². The number of hydrogen-bond acceptors (Lipinski definition) is 4. The van der Waals surface area contributed by atoms with Crippen molar-refractivity contribution in [2.24, 2.45) is 0 Å². The Morgan fingerprint density at radius 2 is 1.62 bits per heavy atom. The molecular weight excluding hydrogens is 432 g/mol. The lowest BCUT2D eigenvalue weighted by Crippen LogP contribution is -2.45. The number of anilines is 2. The van der Waals surface area contributed by atoms with Gasteiger partial charge in [-0.15, -0.1) is 12.4 Å². The third-order valence-corrected chi connectivity index (χ3v) is 7.05. The molecule has 172 valence electrons. The van der Waals surface area contributed by atoms with Crippen molar-refractivity contribution in [3.63, 3.8) is 0 Å². The van der Waals surface area contributed by atoms with Gasteiger partial charge in [-0.05, 0) is 80.4 Å². The standard InChI is InChI=1S/C25H29F2N3O.ClH/c26-18-3-6-20(7-4-18)30-24-8-5-19(27)15-22(24)23-17-29(14-10-25(23)30)12-2-1-11-28-13-9-21(31)16-28;/h3-8,15,23,25H,1-2,9-14,16-17H2;1H. The molecule has 0 N–H and O–H groups in total. The molecule has 0 saturated carbocycles. The molecule has 3 aliphatic rings. The van der Waals surface area contributed by atoms with Gasteiger partial charge in [0, 0.05) is 49.4 Å². The Morgan fingerprint density at radius 1 is 0.906 bits per heavy atom. The fraction of sp³-hybridized carbons (Fsp3) is 0.480. The second-order valence-corrected chi connectivity index (χ2v) is 9.08. The van der Waals surface area contributed by atoms with E-state index in [1.807, 2.05) is 18.2 Å². The first kappa shape index (κ1) is 23.1. The minimum absolute atomic E-state index is 0. The van der Waals surface area contributed by atoms with Crippen LogP contribution in [0.25, 0.3) is 0 Å². The van der Waals surface area contributed by atoms with Crippen LogP contribution in [0.3, 0.4) is 0 Å². The molecule has 2 fully saturated rings. The number of halogens is 3. The van der Waals surface area contributed by atoms with Crippen LogP contribution in [-0.4, -0.2) is 60.9 Å². The van der Waals surface area contributed by atoms with Gasteiger partial charge in [-0.3, -0.25) is 9.69 Å². The molecule has 0 radical (unpaired) electrons. The van der Waals surface area contributed by atoms with E-state index in [-0.39, 0.29) is 36.0 Å². The smallest absolute Gasteiger partial charge is 0.148 e. The van der Waals surface area contributed by atoms with E-state index in [9.17, 15) is 13.6 Å². The number of nitrogens with zero attached hydrogens (tertiary/aromatic N) is 3. The highest BCUT2D eigenvalue weighted by Crippen LogP contribution is 2.48. The summed E-state index contributed by atoms with van der Waals surface area (Å²) in [6.45, 7) is 5.49. The predicted molar refractivity (Wildman–Crippen MR) is 125 cm³/mol. The molecule has 3 aliphatic heterocycles. The zero-order valence-corrected chi connectivity index (χ0v) is 19.0. The maximum Gasteiger partial charge on any atom is 0.148 e. The van der Waals surface area contributed by atoms with E-state index in [0.29, 0.717) is 18.7 Å². The number of likely N-dealkylation sites (tertiary alicyclic amines) is 2. The van der Waals surface area contributed by atoms with Crippen LogP contribution >= 0.6 is 12.4 Å². The first-order valence-corrected chi connectivity index (χ1v) is 11.4. The van der Waals surface area contributed by atoms with Gasteiger partial charge < -0.3 is 9.80 Å². The van der Waals surface area contributed by atoms with E-state index < -0.39 is 0 Å². The molecule has 0 aromatic heterocycles. The van der Waals surface area contributed by atoms with Gasteiger partial charge >= 0.3 is 0 Å². The van der Waals surface area contributed by atoms with Gasteiger partial charge in [-0.1, -0.05) is 0 Å². The molecular formula is C25H30ClF2N3O. The quantitative estimate of drug-likeness (QED) is 0.580. The fourth-order valence-corrected chi connectivity index (χ4v) is 5.53. The topological polar surface area (TPSA) is 26.8 Å². The molecule has 0 aliphatic carbocycles. The lowest BCUT2D eigenvalue weighted by molar-refractivity contribution is -0.116. The third kappa shape index (κ3) is 4.68. The van der Waals surface area contributed by atoms with E-state index >= 15 is 0 Å². The van der Waals surface area contributed by atoms with E-state index in [1.54, 1.807) is 6.07 Å². The number of piperidine rings is 1. The lowest BCUT2D eigenvalue weighted by Gasteiger charge is -2.39. The molecule has 32 heavy (non-hydrogen) atoms. The minimum Gasteiger partial charge on any atom is -0.337 e. The Labute approximate surface area is 194 Å². The summed E-state index contributed by atoms with van der Waals surface area (Å²) in [4.78, 5) is 18.4. The number of unbranched alkanes of at least 4 members (excludes halogenated alkanes) is 1. The summed E-state index contributed by atoms with van der Waals surface area (Å²) in [7, 11) is 0. The van der Waals surface area contributed by atoms with E-state index in [1.165, 1.54) is 18.2 Å². The van der Waals surface area contributed by atoms with Crippen LogP contribution in [0.2, 0.25) is 0 Å². The summed E-state index contributed by atoms with van der Waals surface area (Å²) < 4.78 is 27.6. The summed E-state index contributed by atoms with van der Waals surface area (Å²) in [5, 5.41) is 0. The number of rotatable bonds is 6. The van der Waals surface area contributed by atoms with Gasteiger partial charge in [0.05, 0.1) is 6.54 Å². The van der Waals surface area contributed by atoms with Crippen molar-refractivity contribution >= 4 is 29.6 Å². The minimum atomic E-state index is -0.244. The predicted octanol–water partition coefficient (Wildman–Crippen LogP) is 4.75. The lowest BCUT2D eigenvalue weighted by atomic mass is 9.89. The molecule has 0 amide bonds. The number of carbonyl (C=O) groups excluding carboxylic acids is 1. The van der Waals surface area contributed by atoms with Crippen molar-refractivity contribution in [2.45, 2.75) is 37.6 Å². The Hall–Kier alpha value is -2.02. The van der Waals surface area contributed by atoms with E-state index in [0.717, 1.165) is 68.9 Å². The highest BCUT2D eigenvalue weighted by Gasteiger charge is 2.42. The van der Waals surface area contributed by atoms with Crippen molar-refractivity contribution in [1.29, 1.82) is 0 Å². The van der Waals surface area contributed by atoms with Gasteiger partial charge in [0.25, 0.3) is 0 Å². The van der Waals surface area contributed by atoms with Gasteiger partial charge in [-0.2, -0.15) is 0 Å². The number of hydrogen-bond donors (Lipinski definition) is 0. The van der Waals surface area contributed by atoms with Crippen molar-refractivity contribution in [2.75, 3.05) is 44.2 Å². The summed E-state index contributed by atoms with van der Waals surface area (Å²) in [6.07, 6.45) is 3.92. The number of carbonyl (C=O) groups is 1. The summed E-state index contributed by atoms with van der Waals surface area (Å²) >= 11 is 0. The Balaban J connectivity index is 0.00000245. The monoisotopic (exact) mass is 461 g/mol. The molecule has 2 saturated heterocycles. The van der Waals surface area contributed by atoms with Crippen LogP contribution in [0.15, 0.2) is 42.5 Å². The van der Waals surface area contributed by atoms with Crippen LogP contribution in [-0.2, 0) is 4.79 Å². The second-order valence-electron chi connectivity index (χ2n) is 9.08. The highest BCUT2D eigenvalue weighted by atomic mass is 35.5. The van der Waals surface area contributed by atoms with Crippen LogP contribution in [0.5, 0.6) is 0 Å². The number of benzene rings is 2. The maximum atomic E-state index is 14.1. The number of Topliss-reactive ketones (excluding diaryl/α,β-unsaturated/α-hetero) is 1. The van der Waals surface area contributed by atoms with Crippen LogP contribution in [0.1, 0.15) is 37.2 Å². The Kier molecular flexibility index (Phi) is 7.13. The molecule has 0 bridgehead atoms. The van der Waals surface area contributed by atoms with E-state index in [4.69, 9.17) is 0 Å². The van der Waals surface area contributed by atoms with Crippen molar-refractivity contribution in [1.82, 2.24) is 9.80 Å².